The monoisotopic (exact) mass is 1990 g/mol. The molecule has 4 aliphatic heterocycles. The van der Waals surface area contributed by atoms with Crippen molar-refractivity contribution >= 4 is 70.9 Å². The molecule has 792 valence electrons. The molecule has 0 unspecified atom stereocenters. The Balaban J connectivity index is 0.000000261. The zero-order valence-corrected chi connectivity index (χ0v) is 89.6. The van der Waals surface area contributed by atoms with Gasteiger partial charge in [-0.25, -0.2) is 4.39 Å². The van der Waals surface area contributed by atoms with Gasteiger partial charge in [0.05, 0.1) is 44.4 Å². The van der Waals surface area contributed by atoms with Crippen LogP contribution in [0.5, 0.6) is 5.75 Å². The van der Waals surface area contributed by atoms with Gasteiger partial charge in [0, 0.05) is 114 Å². The first-order valence-electron chi connectivity index (χ1n) is 51.4. The highest BCUT2D eigenvalue weighted by Crippen LogP contribution is 2.33. The number of benzene rings is 6. The molecule has 4 aliphatic rings. The van der Waals surface area contributed by atoms with Crippen molar-refractivity contribution in [1.82, 2.24) is 81.7 Å². The summed E-state index contributed by atoms with van der Waals surface area (Å²) >= 11 is 0. The van der Waals surface area contributed by atoms with Gasteiger partial charge in [-0.15, -0.1) is 0 Å². The topological polar surface area (TPSA) is 388 Å². The molecule has 6 aromatic rings. The lowest BCUT2D eigenvalue weighted by Gasteiger charge is -2.37. The maximum absolute atomic E-state index is 13.9. The lowest BCUT2D eigenvalue weighted by molar-refractivity contribution is -0.142. The number of likely N-dealkylation sites (tertiary alicyclic amines) is 4. The second-order valence-corrected chi connectivity index (χ2v) is 42.7. The largest absolute Gasteiger partial charge is 0.497 e. The van der Waals surface area contributed by atoms with Crippen molar-refractivity contribution in [1.29, 1.82) is 0 Å². The Hall–Kier alpha value is -11.6. The van der Waals surface area contributed by atoms with Gasteiger partial charge in [-0.1, -0.05) is 204 Å². The first kappa shape index (κ1) is 119. The Bertz CT molecular complexity index is 5020. The van der Waals surface area contributed by atoms with Crippen LogP contribution in [0.1, 0.15) is 218 Å². The third-order valence-electron chi connectivity index (χ3n) is 27.6. The maximum Gasteiger partial charge on any atom is 0.253 e. The van der Waals surface area contributed by atoms with E-state index in [1.807, 2.05) is 210 Å². The van der Waals surface area contributed by atoms with E-state index < -0.39 is 75.8 Å². The van der Waals surface area contributed by atoms with Crippen molar-refractivity contribution < 1.29 is 66.7 Å². The average molecular weight is 1990 g/mol. The van der Waals surface area contributed by atoms with Crippen LogP contribution < -0.4 is 58.7 Å². The molecule has 12 amide bonds. The number of nitrogens with zero attached hydrogens (tertiary/aromatic N) is 8. The third-order valence-corrected chi connectivity index (χ3v) is 27.6. The zero-order chi connectivity index (χ0) is 106. The van der Waals surface area contributed by atoms with Gasteiger partial charge in [0.25, 0.3) is 11.8 Å². The summed E-state index contributed by atoms with van der Waals surface area (Å²) in [5.74, 6) is -1.45. The van der Waals surface area contributed by atoms with Crippen molar-refractivity contribution in [3.05, 3.63) is 209 Å². The number of carbonyl (C=O) groups is 12. The Morgan fingerprint density at radius 2 is 0.618 bits per heavy atom. The summed E-state index contributed by atoms with van der Waals surface area (Å²) < 4.78 is 18.8. The first-order chi connectivity index (χ1) is 68.2. The van der Waals surface area contributed by atoms with Crippen LogP contribution in [0.25, 0.3) is 0 Å². The zero-order valence-electron chi connectivity index (χ0n) is 89.6. The molecular formula is C112H169FN18O13. The molecule has 0 aliphatic carbocycles. The quantitative estimate of drug-likeness (QED) is 0.0159. The Kier molecular flexibility index (Phi) is 48.1. The molecule has 4 saturated heterocycles. The molecule has 32 heteroatoms. The molecule has 10 rings (SSSR count). The molecule has 12 N–H and O–H groups in total. The lowest BCUT2D eigenvalue weighted by Crippen LogP contribution is -2.59. The first-order valence-corrected chi connectivity index (χ1v) is 51.4. The smallest absolute Gasteiger partial charge is 0.253 e. The minimum Gasteiger partial charge on any atom is -0.497 e. The number of likely N-dealkylation sites (N-methyl/N-ethyl adjacent to an activating group) is 4. The molecule has 4 heterocycles. The van der Waals surface area contributed by atoms with E-state index in [0.717, 1.165) is 87.3 Å². The van der Waals surface area contributed by atoms with E-state index in [9.17, 15) is 61.9 Å². The molecule has 0 aromatic heterocycles. The van der Waals surface area contributed by atoms with Crippen molar-refractivity contribution in [3.8, 4) is 5.75 Å². The van der Waals surface area contributed by atoms with E-state index in [-0.39, 0.29) is 108 Å². The number of hydrogen-bond donors (Lipinski definition) is 10. The number of hydrogen-bond acceptors (Lipinski definition) is 19. The molecule has 144 heavy (non-hydrogen) atoms. The van der Waals surface area contributed by atoms with Crippen molar-refractivity contribution in [2.45, 2.75) is 273 Å². The third kappa shape index (κ3) is 36.9. The lowest BCUT2D eigenvalue weighted by atomic mass is 9.85. The summed E-state index contributed by atoms with van der Waals surface area (Å²) in [4.78, 5) is 172. The van der Waals surface area contributed by atoms with Crippen LogP contribution in [0.3, 0.4) is 0 Å². The number of halogens is 1. The second-order valence-electron chi connectivity index (χ2n) is 42.7. The number of nitrogens with one attached hydrogen (secondary N) is 8. The number of unbranched alkanes of at least 4 members (excludes halogenated alkanes) is 1. The van der Waals surface area contributed by atoms with Crippen LogP contribution in [0, 0.1) is 27.5 Å². The normalized spacial score (nSPS) is 17.4. The minimum atomic E-state index is -0.697. The van der Waals surface area contributed by atoms with Gasteiger partial charge in [0.15, 0.2) is 0 Å². The Morgan fingerprint density at radius 3 is 0.896 bits per heavy atom. The van der Waals surface area contributed by atoms with Crippen molar-refractivity contribution in [3.63, 3.8) is 0 Å². The fraction of sp³-hybridized carbons (Fsp3) is 0.571. The van der Waals surface area contributed by atoms with Gasteiger partial charge in [0.1, 0.15) is 35.7 Å². The standard InChI is InChI=1S/C31H44N4O4.C30H41FN4O3.C27H45N5O3.C24H39N5O3/c1-22(32-5)28(36)33-27(31(2,3)4)30(38)35-19-10-13-25(35)21-34(20-18-23-11-8-7-9-12-23)29(37)24-14-16-26(39-6)17-15-24;1-21(32-5)27(36)33-26(30(2,3)4)29(38)35-18-9-12-25(35)20-34(19-17-22-10-7-6-8-11-22)28(37)23-13-15-24(31)16-14-23;1-20(29-5)25(34)30-24(27(2,3)4)26(35)32-17-11-15-22(32)19-31(23(33)18-28)16-10-9-14-21-12-7-6-8-13-21;1-17(26-5)22(31)27-21(24(2,3)4)23(32)29-13-9-12-19(29)16-28(20(30)14-25)15-18-10-7-6-8-11-18/h7-9,11-12,14-17,22,25,27,32H,10,13,18-21H2,1-6H3,(H,33,36);6-8,10-11,13-16,21,25-26,32H,9,12,17-20H2,1-5H3,(H,33,36);6-8,12-13,20,22,24,29H,9-11,14-19,28H2,1-5H3,(H,30,34);6-8,10-11,17,19,21,26H,9,12-16,25H2,1-5H3,(H,27,31)/t22-,25-,27+;21-,25-,26+;20-,22-,24+;17-,19-,21+/m0000/s1. The molecular weight excluding hydrogens is 1820 g/mol. The highest BCUT2D eigenvalue weighted by atomic mass is 19.1. The van der Waals surface area contributed by atoms with E-state index >= 15 is 0 Å². The van der Waals surface area contributed by atoms with Crippen LogP contribution in [-0.4, -0.2) is 303 Å². The van der Waals surface area contributed by atoms with Crippen LogP contribution in [0.4, 0.5) is 4.39 Å². The number of nitrogens with two attached hydrogens (primary N) is 2. The van der Waals surface area contributed by atoms with Gasteiger partial charge < -0.3 is 97.9 Å². The Labute approximate surface area is 856 Å². The number of methoxy groups -OCH3 is 1. The maximum atomic E-state index is 13.9. The fourth-order valence-corrected chi connectivity index (χ4v) is 18.1. The molecule has 0 spiro atoms. The molecule has 0 radical (unpaired) electrons. The molecule has 12 atom stereocenters. The van der Waals surface area contributed by atoms with Gasteiger partial charge in [-0.05, 0) is 232 Å². The highest BCUT2D eigenvalue weighted by molar-refractivity contribution is 5.97. The summed E-state index contributed by atoms with van der Waals surface area (Å²) in [6, 6.07) is 48.1. The van der Waals surface area contributed by atoms with Crippen LogP contribution in [0.15, 0.2) is 170 Å². The van der Waals surface area contributed by atoms with E-state index in [0.29, 0.717) is 108 Å². The Morgan fingerprint density at radius 1 is 0.354 bits per heavy atom. The van der Waals surface area contributed by atoms with Crippen molar-refractivity contribution in [2.24, 2.45) is 33.1 Å². The average Bonchev–Trinajstić information content (AvgIpc) is 1.35. The van der Waals surface area contributed by atoms with E-state index in [1.54, 1.807) is 97.1 Å². The molecule has 0 saturated carbocycles. The summed E-state index contributed by atoms with van der Waals surface area (Å²) in [6.45, 7) is 36.6. The van der Waals surface area contributed by atoms with Gasteiger partial charge in [-0.2, -0.15) is 0 Å². The van der Waals surface area contributed by atoms with E-state index in [2.05, 4.69) is 66.8 Å². The van der Waals surface area contributed by atoms with Crippen LogP contribution in [-0.2, 0) is 73.8 Å². The van der Waals surface area contributed by atoms with E-state index in [4.69, 9.17) is 16.2 Å². The number of rotatable bonds is 42. The number of carbonyl (C=O) groups excluding carboxylic acids is 12. The van der Waals surface area contributed by atoms with Gasteiger partial charge >= 0.3 is 0 Å². The van der Waals surface area contributed by atoms with Crippen LogP contribution >= 0.6 is 0 Å². The SMILES string of the molecule is CN[C@@H](C)C(=O)N[C@H](C(=O)N1CCC[C@H]1CN(CCCCc1ccccc1)C(=O)CN)C(C)(C)C.CN[C@@H](C)C(=O)N[C@H](C(=O)N1CCC[C@H]1CN(CCc1ccccc1)C(=O)c1ccc(F)cc1)C(C)(C)C.CN[C@@H](C)C(=O)N[C@H](C(=O)N1CCC[C@H]1CN(CCc1ccccc1)C(=O)c1ccc(OC)cc1)C(C)(C)C.CN[C@@H](C)C(=O)N[C@H](C(=O)N1CCC[C@H]1CN(Cc1ccccc1)C(=O)CN)C(C)(C)C. The van der Waals surface area contributed by atoms with Crippen LogP contribution in [0.2, 0.25) is 0 Å². The number of amides is 12. The summed E-state index contributed by atoms with van der Waals surface area (Å²) in [6.07, 6.45) is 10.9. The molecule has 0 bridgehead atoms. The fourth-order valence-electron chi connectivity index (χ4n) is 18.1. The number of aryl methyl sites for hydroxylation is 1. The second kappa shape index (κ2) is 58.0. The molecule has 31 nitrogen and oxygen atoms in total. The highest BCUT2D eigenvalue weighted by Gasteiger charge is 2.47. The number of ether oxygens (including phenoxy) is 1. The minimum absolute atomic E-state index is 0.0398. The summed E-state index contributed by atoms with van der Waals surface area (Å²) in [5.41, 5.74) is 15.1. The van der Waals surface area contributed by atoms with Gasteiger partial charge in [-0.3, -0.25) is 57.5 Å². The summed E-state index contributed by atoms with van der Waals surface area (Å²) in [5, 5.41) is 23.5. The molecule has 4 fully saturated rings. The summed E-state index contributed by atoms with van der Waals surface area (Å²) in [7, 11) is 8.46. The molecule has 6 aromatic carbocycles. The predicted molar refractivity (Wildman–Crippen MR) is 566 cm³/mol. The van der Waals surface area contributed by atoms with Crippen molar-refractivity contribution in [2.75, 3.05) is 120 Å². The van der Waals surface area contributed by atoms with E-state index in [1.165, 1.54) is 29.8 Å². The van der Waals surface area contributed by atoms with Gasteiger partial charge in [0.2, 0.25) is 59.1 Å². The predicted octanol–water partition coefficient (Wildman–Crippen LogP) is 10.2.